The molecular weight excluding hydrogens is 208 g/mol. The van der Waals surface area contributed by atoms with Crippen molar-refractivity contribution < 1.29 is 0 Å². The molecule has 92 valence electrons. The van der Waals surface area contributed by atoms with E-state index in [2.05, 4.69) is 55.0 Å². The fourth-order valence-electron chi connectivity index (χ4n) is 1.86. The Morgan fingerprint density at radius 2 is 2.00 bits per heavy atom. The number of anilines is 1. The van der Waals surface area contributed by atoms with Crippen LogP contribution < -0.4 is 10.2 Å². The summed E-state index contributed by atoms with van der Waals surface area (Å²) in [5.74, 6) is 0. The van der Waals surface area contributed by atoms with Crippen molar-refractivity contribution in [1.82, 2.24) is 5.32 Å². The molecular formula is C15H22N2. The van der Waals surface area contributed by atoms with E-state index in [9.17, 15) is 0 Å². The van der Waals surface area contributed by atoms with Gasteiger partial charge >= 0.3 is 0 Å². The van der Waals surface area contributed by atoms with Crippen molar-refractivity contribution in [3.05, 3.63) is 42.0 Å². The van der Waals surface area contributed by atoms with Crippen LogP contribution in [0, 0.1) is 6.92 Å². The highest BCUT2D eigenvalue weighted by molar-refractivity contribution is 5.47. The van der Waals surface area contributed by atoms with Crippen molar-refractivity contribution in [3.63, 3.8) is 0 Å². The molecule has 1 aliphatic rings. The fraction of sp³-hybridized carbons (Fsp3) is 0.467. The van der Waals surface area contributed by atoms with Gasteiger partial charge in [-0.3, -0.25) is 0 Å². The Balaban J connectivity index is 1.80. The monoisotopic (exact) mass is 230 g/mol. The molecule has 2 heteroatoms. The van der Waals surface area contributed by atoms with Crippen LogP contribution in [-0.2, 0) is 0 Å². The number of aryl methyl sites for hydroxylation is 1. The van der Waals surface area contributed by atoms with Crippen molar-refractivity contribution in [1.29, 1.82) is 0 Å². The number of nitrogens with one attached hydrogen (secondary N) is 1. The van der Waals surface area contributed by atoms with Gasteiger partial charge in [-0.05, 0) is 37.5 Å². The van der Waals surface area contributed by atoms with Gasteiger partial charge in [-0.15, -0.1) is 0 Å². The summed E-state index contributed by atoms with van der Waals surface area (Å²) in [7, 11) is 2.12. The van der Waals surface area contributed by atoms with Gasteiger partial charge in [0.15, 0.2) is 0 Å². The minimum Gasteiger partial charge on any atom is -0.371 e. The van der Waals surface area contributed by atoms with Gasteiger partial charge in [0.1, 0.15) is 0 Å². The van der Waals surface area contributed by atoms with Gasteiger partial charge < -0.3 is 10.2 Å². The van der Waals surface area contributed by atoms with E-state index in [-0.39, 0.29) is 0 Å². The van der Waals surface area contributed by atoms with Crippen molar-refractivity contribution >= 4 is 5.69 Å². The summed E-state index contributed by atoms with van der Waals surface area (Å²) in [6.45, 7) is 8.11. The van der Waals surface area contributed by atoms with E-state index in [0.717, 1.165) is 19.1 Å². The fourth-order valence-corrected chi connectivity index (χ4v) is 1.86. The Bertz CT molecular complexity index is 376. The van der Waals surface area contributed by atoms with Crippen LogP contribution in [0.4, 0.5) is 5.69 Å². The molecule has 0 heterocycles. The average molecular weight is 230 g/mol. The molecule has 0 bridgehead atoms. The van der Waals surface area contributed by atoms with Crippen molar-refractivity contribution in [2.45, 2.75) is 25.8 Å². The highest BCUT2D eigenvalue weighted by Crippen LogP contribution is 2.19. The summed E-state index contributed by atoms with van der Waals surface area (Å²) in [5.41, 5.74) is 3.81. The molecule has 0 aliphatic heterocycles. The average Bonchev–Trinajstić information content (AvgIpc) is 3.11. The quantitative estimate of drug-likeness (QED) is 0.756. The van der Waals surface area contributed by atoms with E-state index >= 15 is 0 Å². The van der Waals surface area contributed by atoms with Gasteiger partial charge in [0.25, 0.3) is 0 Å². The maximum atomic E-state index is 4.13. The van der Waals surface area contributed by atoms with E-state index in [1.807, 2.05) is 0 Å². The lowest BCUT2D eigenvalue weighted by molar-refractivity contribution is 0.722. The largest absolute Gasteiger partial charge is 0.371 e. The smallest absolute Gasteiger partial charge is 0.0395 e. The van der Waals surface area contributed by atoms with Crippen LogP contribution in [0.25, 0.3) is 0 Å². The van der Waals surface area contributed by atoms with Crippen molar-refractivity contribution in [2.75, 3.05) is 25.0 Å². The highest BCUT2D eigenvalue weighted by atomic mass is 15.1. The van der Waals surface area contributed by atoms with Crippen molar-refractivity contribution in [3.8, 4) is 0 Å². The van der Waals surface area contributed by atoms with Crippen LogP contribution in [0.5, 0.6) is 0 Å². The molecule has 17 heavy (non-hydrogen) atoms. The first-order valence-electron chi connectivity index (χ1n) is 6.33. The lowest BCUT2D eigenvalue weighted by Crippen LogP contribution is -2.26. The normalized spacial score (nSPS) is 14.7. The topological polar surface area (TPSA) is 15.3 Å². The number of hydrogen-bond donors (Lipinski definition) is 1. The molecule has 1 aliphatic carbocycles. The predicted octanol–water partition coefficient (Wildman–Crippen LogP) is 2.74. The minimum atomic E-state index is 0.761. The minimum absolute atomic E-state index is 0.761. The number of likely N-dealkylation sites (N-methyl/N-ethyl adjacent to an activating group) is 1. The Kier molecular flexibility index (Phi) is 3.85. The third-order valence-corrected chi connectivity index (χ3v) is 3.15. The van der Waals surface area contributed by atoms with Gasteiger partial charge in [-0.1, -0.05) is 24.3 Å². The van der Waals surface area contributed by atoms with Gasteiger partial charge in [-0.25, -0.2) is 0 Å². The van der Waals surface area contributed by atoms with Crippen LogP contribution in [0.3, 0.4) is 0 Å². The van der Waals surface area contributed by atoms with Crippen molar-refractivity contribution in [2.24, 2.45) is 0 Å². The SMILES string of the molecule is C=C(CNC1CC1)CN(C)c1ccc(C)cc1. The summed E-state index contributed by atoms with van der Waals surface area (Å²) < 4.78 is 0. The molecule has 0 aromatic heterocycles. The molecule has 1 saturated carbocycles. The van der Waals surface area contributed by atoms with E-state index in [1.54, 1.807) is 0 Å². The van der Waals surface area contributed by atoms with Gasteiger partial charge in [-0.2, -0.15) is 0 Å². The van der Waals surface area contributed by atoms with E-state index in [0.29, 0.717) is 0 Å². The molecule has 0 atom stereocenters. The molecule has 0 spiro atoms. The molecule has 2 rings (SSSR count). The molecule has 0 saturated heterocycles. The molecule has 0 unspecified atom stereocenters. The lowest BCUT2D eigenvalue weighted by Gasteiger charge is -2.21. The highest BCUT2D eigenvalue weighted by Gasteiger charge is 2.20. The molecule has 0 amide bonds. The summed E-state index contributed by atoms with van der Waals surface area (Å²) in [4.78, 5) is 2.25. The Morgan fingerprint density at radius 3 is 2.59 bits per heavy atom. The number of nitrogens with zero attached hydrogens (tertiary/aromatic N) is 1. The zero-order valence-electron chi connectivity index (χ0n) is 10.9. The number of rotatable bonds is 6. The van der Waals surface area contributed by atoms with Crippen LogP contribution in [0.2, 0.25) is 0 Å². The van der Waals surface area contributed by atoms with Crippen LogP contribution in [0.1, 0.15) is 18.4 Å². The van der Waals surface area contributed by atoms with Gasteiger partial charge in [0.2, 0.25) is 0 Å². The van der Waals surface area contributed by atoms with Gasteiger partial charge in [0.05, 0.1) is 0 Å². The first-order valence-corrected chi connectivity index (χ1v) is 6.33. The summed E-state index contributed by atoms with van der Waals surface area (Å²) in [6, 6.07) is 9.39. The zero-order valence-corrected chi connectivity index (χ0v) is 10.9. The molecule has 1 aromatic rings. The summed E-state index contributed by atoms with van der Waals surface area (Å²) in [6.07, 6.45) is 2.67. The second-order valence-corrected chi connectivity index (χ2v) is 5.10. The predicted molar refractivity (Wildman–Crippen MR) is 74.6 cm³/mol. The second-order valence-electron chi connectivity index (χ2n) is 5.10. The molecule has 1 aromatic carbocycles. The number of benzene rings is 1. The zero-order chi connectivity index (χ0) is 12.3. The van der Waals surface area contributed by atoms with Crippen LogP contribution in [-0.4, -0.2) is 26.2 Å². The Hall–Kier alpha value is -1.28. The molecule has 2 nitrogen and oxygen atoms in total. The van der Waals surface area contributed by atoms with E-state index in [1.165, 1.54) is 29.7 Å². The number of hydrogen-bond acceptors (Lipinski definition) is 2. The van der Waals surface area contributed by atoms with Gasteiger partial charge in [0, 0.05) is 31.9 Å². The lowest BCUT2D eigenvalue weighted by atomic mass is 10.2. The summed E-state index contributed by atoms with van der Waals surface area (Å²) >= 11 is 0. The third-order valence-electron chi connectivity index (χ3n) is 3.15. The van der Waals surface area contributed by atoms with E-state index in [4.69, 9.17) is 0 Å². The molecule has 1 N–H and O–H groups in total. The standard InChI is InChI=1S/C15H22N2/c1-12-4-8-15(9-5-12)17(3)11-13(2)10-16-14-6-7-14/h4-5,8-9,14,16H,2,6-7,10-11H2,1,3H3. The summed E-state index contributed by atoms with van der Waals surface area (Å²) in [5, 5.41) is 3.50. The Morgan fingerprint density at radius 1 is 1.35 bits per heavy atom. The maximum absolute atomic E-state index is 4.13. The maximum Gasteiger partial charge on any atom is 0.0395 e. The first kappa shape index (κ1) is 12.2. The Labute approximate surface area is 104 Å². The third kappa shape index (κ3) is 3.90. The first-order chi connectivity index (χ1) is 8.15. The van der Waals surface area contributed by atoms with E-state index < -0.39 is 0 Å². The van der Waals surface area contributed by atoms with Crippen LogP contribution >= 0.6 is 0 Å². The molecule has 1 fully saturated rings. The van der Waals surface area contributed by atoms with Crippen LogP contribution in [0.15, 0.2) is 36.4 Å². The second kappa shape index (κ2) is 5.37. The molecule has 0 radical (unpaired) electrons.